The van der Waals surface area contributed by atoms with Gasteiger partial charge in [0.1, 0.15) is 12.4 Å². The number of halogens is 2. The molecular formula is C17H17Cl2NO3. The highest BCUT2D eigenvalue weighted by Crippen LogP contribution is 2.24. The van der Waals surface area contributed by atoms with Crippen molar-refractivity contribution in [3.8, 4) is 5.75 Å². The molecule has 6 heteroatoms. The molecule has 0 saturated carbocycles. The zero-order valence-electron chi connectivity index (χ0n) is 12.6. The molecule has 2 aromatic rings. The number of methoxy groups -OCH3 is 1. The number of hydrogen-bond acceptors (Lipinski definition) is 3. The van der Waals surface area contributed by atoms with E-state index in [2.05, 4.69) is 5.32 Å². The van der Waals surface area contributed by atoms with Crippen molar-refractivity contribution in [3.63, 3.8) is 0 Å². The van der Waals surface area contributed by atoms with Gasteiger partial charge in [-0.15, -0.1) is 0 Å². The first-order valence-corrected chi connectivity index (χ1v) is 7.80. The van der Waals surface area contributed by atoms with E-state index in [9.17, 15) is 4.79 Å². The van der Waals surface area contributed by atoms with Gasteiger partial charge in [0.15, 0.2) is 0 Å². The van der Waals surface area contributed by atoms with Crippen LogP contribution < -0.4 is 10.1 Å². The van der Waals surface area contributed by atoms with Crippen LogP contribution in [0.1, 0.15) is 15.9 Å². The summed E-state index contributed by atoms with van der Waals surface area (Å²) in [5.41, 5.74) is 1.26. The number of hydrogen-bond donors (Lipinski definition) is 1. The van der Waals surface area contributed by atoms with Gasteiger partial charge in [-0.05, 0) is 24.3 Å². The molecule has 0 atom stereocenters. The highest BCUT2D eigenvalue weighted by atomic mass is 35.5. The van der Waals surface area contributed by atoms with Crippen LogP contribution in [0.5, 0.6) is 5.75 Å². The Kier molecular flexibility index (Phi) is 6.71. The molecule has 0 heterocycles. The van der Waals surface area contributed by atoms with Crippen LogP contribution in [0.4, 0.5) is 0 Å². The Balaban J connectivity index is 2.06. The molecule has 1 N–H and O–H groups in total. The Bertz CT molecular complexity index is 677. The Hall–Kier alpha value is -1.75. The monoisotopic (exact) mass is 353 g/mol. The lowest BCUT2D eigenvalue weighted by Gasteiger charge is -2.12. The number of carbonyl (C=O) groups excluding carboxylic acids is 1. The van der Waals surface area contributed by atoms with Crippen LogP contribution in [0.3, 0.4) is 0 Å². The van der Waals surface area contributed by atoms with Crippen molar-refractivity contribution >= 4 is 29.1 Å². The van der Waals surface area contributed by atoms with E-state index in [-0.39, 0.29) is 12.5 Å². The maximum absolute atomic E-state index is 12.2. The largest absolute Gasteiger partial charge is 0.488 e. The van der Waals surface area contributed by atoms with Crippen molar-refractivity contribution in [2.24, 2.45) is 0 Å². The van der Waals surface area contributed by atoms with Gasteiger partial charge in [0.25, 0.3) is 5.91 Å². The Morgan fingerprint density at radius 2 is 1.96 bits per heavy atom. The summed E-state index contributed by atoms with van der Waals surface area (Å²) in [6, 6.07) is 12.3. The van der Waals surface area contributed by atoms with E-state index in [1.165, 1.54) is 0 Å². The second-order valence-electron chi connectivity index (χ2n) is 4.77. The molecule has 0 aliphatic rings. The normalized spacial score (nSPS) is 10.4. The molecular weight excluding hydrogens is 337 g/mol. The Morgan fingerprint density at radius 3 is 2.70 bits per heavy atom. The van der Waals surface area contributed by atoms with Gasteiger partial charge in [-0.3, -0.25) is 4.79 Å². The molecule has 0 unspecified atom stereocenters. The first-order chi connectivity index (χ1) is 11.1. The standard InChI is InChI=1S/C17H17Cl2NO3/c1-22-9-8-20-17(21)14-4-2-3-5-16(14)23-11-12-6-7-13(18)10-15(12)19/h2-7,10H,8-9,11H2,1H3,(H,20,21). The highest BCUT2D eigenvalue weighted by molar-refractivity contribution is 6.35. The summed E-state index contributed by atoms with van der Waals surface area (Å²) in [6.45, 7) is 1.14. The molecule has 2 aromatic carbocycles. The molecule has 23 heavy (non-hydrogen) atoms. The summed E-state index contributed by atoms with van der Waals surface area (Å²) in [6.07, 6.45) is 0. The minimum atomic E-state index is -0.208. The molecule has 1 amide bonds. The first kappa shape index (κ1) is 17.6. The van der Waals surface area contributed by atoms with Crippen molar-refractivity contribution in [2.75, 3.05) is 20.3 Å². The van der Waals surface area contributed by atoms with Crippen LogP contribution in [-0.4, -0.2) is 26.2 Å². The summed E-state index contributed by atoms with van der Waals surface area (Å²) in [4.78, 5) is 12.2. The van der Waals surface area contributed by atoms with Gasteiger partial charge in [-0.2, -0.15) is 0 Å². The van der Waals surface area contributed by atoms with Gasteiger partial charge < -0.3 is 14.8 Å². The number of para-hydroxylation sites is 1. The summed E-state index contributed by atoms with van der Waals surface area (Å²) >= 11 is 12.0. The van der Waals surface area contributed by atoms with Crippen molar-refractivity contribution < 1.29 is 14.3 Å². The maximum atomic E-state index is 12.2. The van der Waals surface area contributed by atoms with Crippen molar-refractivity contribution in [2.45, 2.75) is 6.61 Å². The van der Waals surface area contributed by atoms with E-state index in [1.54, 1.807) is 43.5 Å². The predicted molar refractivity (Wildman–Crippen MR) is 91.4 cm³/mol. The molecule has 0 aromatic heterocycles. The average molecular weight is 354 g/mol. The third-order valence-corrected chi connectivity index (χ3v) is 3.71. The number of carbonyl (C=O) groups is 1. The van der Waals surface area contributed by atoms with E-state index in [0.29, 0.717) is 34.5 Å². The SMILES string of the molecule is COCCNC(=O)c1ccccc1OCc1ccc(Cl)cc1Cl. The fourth-order valence-electron chi connectivity index (χ4n) is 1.94. The summed E-state index contributed by atoms with van der Waals surface area (Å²) in [5.74, 6) is 0.285. The van der Waals surface area contributed by atoms with Gasteiger partial charge >= 0.3 is 0 Å². The van der Waals surface area contributed by atoms with E-state index in [4.69, 9.17) is 32.7 Å². The van der Waals surface area contributed by atoms with Crippen molar-refractivity contribution in [1.82, 2.24) is 5.32 Å². The van der Waals surface area contributed by atoms with Crippen molar-refractivity contribution in [3.05, 3.63) is 63.6 Å². The molecule has 0 bridgehead atoms. The number of amides is 1. The minimum absolute atomic E-state index is 0.208. The van der Waals surface area contributed by atoms with Crippen LogP contribution in [0.2, 0.25) is 10.0 Å². The van der Waals surface area contributed by atoms with E-state index in [1.807, 2.05) is 6.07 Å². The lowest BCUT2D eigenvalue weighted by Crippen LogP contribution is -2.27. The fraction of sp³-hybridized carbons (Fsp3) is 0.235. The molecule has 0 aliphatic carbocycles. The maximum Gasteiger partial charge on any atom is 0.255 e. The lowest BCUT2D eigenvalue weighted by molar-refractivity contribution is 0.0932. The van der Waals surface area contributed by atoms with Gasteiger partial charge in [0, 0.05) is 29.3 Å². The van der Waals surface area contributed by atoms with Gasteiger partial charge in [0.05, 0.1) is 12.2 Å². The lowest BCUT2D eigenvalue weighted by atomic mass is 10.2. The topological polar surface area (TPSA) is 47.6 Å². The van der Waals surface area contributed by atoms with E-state index < -0.39 is 0 Å². The summed E-state index contributed by atoms with van der Waals surface area (Å²) in [5, 5.41) is 3.86. The third-order valence-electron chi connectivity index (χ3n) is 3.12. The zero-order chi connectivity index (χ0) is 16.7. The minimum Gasteiger partial charge on any atom is -0.488 e. The van der Waals surface area contributed by atoms with Gasteiger partial charge in [0.2, 0.25) is 0 Å². The molecule has 0 fully saturated rings. The van der Waals surface area contributed by atoms with Crippen LogP contribution in [-0.2, 0) is 11.3 Å². The van der Waals surface area contributed by atoms with Crippen LogP contribution >= 0.6 is 23.2 Å². The highest BCUT2D eigenvalue weighted by Gasteiger charge is 2.12. The molecule has 4 nitrogen and oxygen atoms in total. The zero-order valence-corrected chi connectivity index (χ0v) is 14.2. The van der Waals surface area contributed by atoms with Crippen LogP contribution in [0, 0.1) is 0 Å². The molecule has 0 spiro atoms. The number of benzene rings is 2. The Labute approximate surface area is 145 Å². The summed E-state index contributed by atoms with van der Waals surface area (Å²) in [7, 11) is 1.58. The predicted octanol–water partition coefficient (Wildman–Crippen LogP) is 3.95. The smallest absolute Gasteiger partial charge is 0.255 e. The molecule has 0 saturated heterocycles. The molecule has 0 aliphatic heterocycles. The van der Waals surface area contributed by atoms with Crippen LogP contribution in [0.15, 0.2) is 42.5 Å². The third kappa shape index (κ3) is 5.13. The quantitative estimate of drug-likeness (QED) is 0.766. The Morgan fingerprint density at radius 1 is 1.17 bits per heavy atom. The van der Waals surface area contributed by atoms with Crippen LogP contribution in [0.25, 0.3) is 0 Å². The molecule has 0 radical (unpaired) electrons. The number of rotatable bonds is 7. The number of ether oxygens (including phenoxy) is 2. The molecule has 2 rings (SSSR count). The summed E-state index contributed by atoms with van der Waals surface area (Å²) < 4.78 is 10.7. The number of nitrogens with one attached hydrogen (secondary N) is 1. The van der Waals surface area contributed by atoms with E-state index >= 15 is 0 Å². The first-order valence-electron chi connectivity index (χ1n) is 7.04. The van der Waals surface area contributed by atoms with E-state index in [0.717, 1.165) is 5.56 Å². The molecule has 122 valence electrons. The van der Waals surface area contributed by atoms with Gasteiger partial charge in [-0.25, -0.2) is 0 Å². The van der Waals surface area contributed by atoms with Gasteiger partial charge in [-0.1, -0.05) is 41.4 Å². The second-order valence-corrected chi connectivity index (χ2v) is 5.61. The second kappa shape index (κ2) is 8.77. The average Bonchev–Trinajstić information content (AvgIpc) is 2.54. The van der Waals surface area contributed by atoms with Crippen molar-refractivity contribution in [1.29, 1.82) is 0 Å². The fourth-order valence-corrected chi connectivity index (χ4v) is 2.40.